The number of hydrogen-bond acceptors (Lipinski definition) is 6. The van der Waals surface area contributed by atoms with Gasteiger partial charge in [0.2, 0.25) is 0 Å². The van der Waals surface area contributed by atoms with E-state index in [1.807, 2.05) is 19.3 Å². The van der Waals surface area contributed by atoms with Crippen LogP contribution in [0, 0.1) is 5.82 Å². The van der Waals surface area contributed by atoms with Crippen LogP contribution in [0.3, 0.4) is 0 Å². The summed E-state index contributed by atoms with van der Waals surface area (Å²) in [6.45, 7) is 0. The number of hydrogen-bond donors (Lipinski definition) is 1. The fourth-order valence-corrected chi connectivity index (χ4v) is 3.50. The molecule has 0 fully saturated rings. The first-order chi connectivity index (χ1) is 15.0. The van der Waals surface area contributed by atoms with Crippen LogP contribution in [0.4, 0.5) is 15.9 Å². The van der Waals surface area contributed by atoms with Crippen LogP contribution >= 0.6 is 23.2 Å². The molecule has 5 aromatic rings. The van der Waals surface area contributed by atoms with Gasteiger partial charge in [0.1, 0.15) is 33.5 Å². The summed E-state index contributed by atoms with van der Waals surface area (Å²) in [4.78, 5) is 12.5. The molecule has 0 radical (unpaired) electrons. The fourth-order valence-electron chi connectivity index (χ4n) is 3.15. The van der Waals surface area contributed by atoms with Crippen LogP contribution in [0.15, 0.2) is 55.0 Å². The minimum Gasteiger partial charge on any atom is -0.456 e. The van der Waals surface area contributed by atoms with Crippen LogP contribution in [0.5, 0.6) is 11.5 Å². The number of ether oxygens (including phenoxy) is 1. The minimum absolute atomic E-state index is 0.110. The van der Waals surface area contributed by atoms with Gasteiger partial charge in [-0.25, -0.2) is 19.3 Å². The lowest BCUT2D eigenvalue weighted by molar-refractivity contribution is 0.478. The van der Waals surface area contributed by atoms with Crippen molar-refractivity contribution in [1.82, 2.24) is 24.7 Å². The highest BCUT2D eigenvalue weighted by molar-refractivity contribution is 6.32. The van der Waals surface area contributed by atoms with Crippen molar-refractivity contribution >= 4 is 56.6 Å². The molecule has 7 nitrogen and oxygen atoms in total. The summed E-state index contributed by atoms with van der Waals surface area (Å²) in [5.41, 5.74) is 1.85. The Balaban J connectivity index is 1.46. The molecule has 1 N–H and O–H groups in total. The van der Waals surface area contributed by atoms with Gasteiger partial charge in [-0.15, -0.1) is 0 Å². The van der Waals surface area contributed by atoms with Gasteiger partial charge in [-0.3, -0.25) is 4.68 Å². The van der Waals surface area contributed by atoms with Gasteiger partial charge in [0, 0.05) is 24.7 Å². The van der Waals surface area contributed by atoms with Crippen LogP contribution in [0.1, 0.15) is 0 Å². The van der Waals surface area contributed by atoms with E-state index in [2.05, 4.69) is 25.4 Å². The monoisotopic (exact) mass is 454 g/mol. The van der Waals surface area contributed by atoms with Crippen molar-refractivity contribution in [1.29, 1.82) is 0 Å². The van der Waals surface area contributed by atoms with E-state index in [1.54, 1.807) is 35.0 Å². The predicted molar refractivity (Wildman–Crippen MR) is 118 cm³/mol. The Kier molecular flexibility index (Phi) is 4.80. The number of benzene rings is 2. The Labute approximate surface area is 185 Å². The molecule has 3 aromatic heterocycles. The summed E-state index contributed by atoms with van der Waals surface area (Å²) in [6, 6.07) is 11.8. The van der Waals surface area contributed by atoms with Gasteiger partial charge >= 0.3 is 0 Å². The molecule has 0 aliphatic rings. The molecule has 0 saturated heterocycles. The maximum Gasteiger partial charge on any atom is 0.169 e. The largest absolute Gasteiger partial charge is 0.456 e. The topological polar surface area (TPSA) is 77.8 Å². The van der Waals surface area contributed by atoms with Crippen molar-refractivity contribution in [3.63, 3.8) is 0 Å². The maximum absolute atomic E-state index is 15.0. The first kappa shape index (κ1) is 19.5. The van der Waals surface area contributed by atoms with Gasteiger partial charge in [-0.1, -0.05) is 23.2 Å². The molecule has 31 heavy (non-hydrogen) atoms. The van der Waals surface area contributed by atoms with Gasteiger partial charge in [-0.05, 0) is 36.4 Å². The molecule has 3 heterocycles. The van der Waals surface area contributed by atoms with Gasteiger partial charge in [-0.2, -0.15) is 5.10 Å². The molecule has 0 aliphatic heterocycles. The van der Waals surface area contributed by atoms with Gasteiger partial charge < -0.3 is 10.1 Å². The lowest BCUT2D eigenvalue weighted by Gasteiger charge is -2.13. The average Bonchev–Trinajstić information content (AvgIpc) is 3.13. The summed E-state index contributed by atoms with van der Waals surface area (Å²) < 4.78 is 22.5. The van der Waals surface area contributed by atoms with Crippen LogP contribution in [-0.2, 0) is 7.05 Å². The molecule has 154 valence electrons. The van der Waals surface area contributed by atoms with E-state index in [0.717, 1.165) is 10.9 Å². The first-order valence-electron chi connectivity index (χ1n) is 9.11. The number of fused-ring (bicyclic) bond motifs is 2. The third-order valence-electron chi connectivity index (χ3n) is 4.57. The van der Waals surface area contributed by atoms with Gasteiger partial charge in [0.15, 0.2) is 11.6 Å². The zero-order valence-electron chi connectivity index (χ0n) is 16.0. The number of pyridine rings is 1. The lowest BCUT2D eigenvalue weighted by atomic mass is 10.2. The van der Waals surface area contributed by atoms with E-state index in [0.29, 0.717) is 22.6 Å². The quantitative estimate of drug-likeness (QED) is 0.341. The van der Waals surface area contributed by atoms with Gasteiger partial charge in [0.25, 0.3) is 0 Å². The van der Waals surface area contributed by atoms with Crippen LogP contribution in [-0.4, -0.2) is 24.7 Å². The van der Waals surface area contributed by atoms with E-state index in [9.17, 15) is 0 Å². The number of halogens is 3. The zero-order chi connectivity index (χ0) is 21.5. The standard InChI is InChI=1S/C21H13Cl2FN6O/c1-30-9-11-2-3-12(8-15(11)29-30)31-16-6-4-13(19(24)18(16)23)27-21-20-14(25-10-26-21)5-7-17(22)28-20/h2-10H,1H3,(H,25,26,27). The summed E-state index contributed by atoms with van der Waals surface area (Å²) in [7, 11) is 1.84. The molecule has 0 atom stereocenters. The van der Waals surface area contributed by atoms with E-state index < -0.39 is 5.82 Å². The van der Waals surface area contributed by atoms with Crippen LogP contribution in [0.25, 0.3) is 21.9 Å². The molecule has 0 unspecified atom stereocenters. The predicted octanol–water partition coefficient (Wildman–Crippen LogP) is 5.89. The minimum atomic E-state index is -0.688. The number of nitrogens with one attached hydrogen (secondary N) is 1. The second-order valence-corrected chi connectivity index (χ2v) is 7.48. The Morgan fingerprint density at radius 1 is 1.03 bits per heavy atom. The number of anilines is 2. The zero-order valence-corrected chi connectivity index (χ0v) is 17.5. The molecule has 2 aromatic carbocycles. The van der Waals surface area contributed by atoms with Crippen LogP contribution < -0.4 is 10.1 Å². The average molecular weight is 455 g/mol. The Bertz CT molecular complexity index is 1460. The number of aromatic nitrogens is 5. The smallest absolute Gasteiger partial charge is 0.169 e. The van der Waals surface area contributed by atoms with Crippen LogP contribution in [0.2, 0.25) is 10.2 Å². The van der Waals surface area contributed by atoms with Crippen molar-refractivity contribution in [3.05, 3.63) is 71.0 Å². The SMILES string of the molecule is Cn1cc2ccc(Oc3ccc(Nc4ncnc5ccc(Cl)nc45)c(F)c3Cl)cc2n1. The van der Waals surface area contributed by atoms with Gasteiger partial charge in [0.05, 0.1) is 16.7 Å². The number of rotatable bonds is 4. The van der Waals surface area contributed by atoms with Crippen molar-refractivity contribution in [2.45, 2.75) is 0 Å². The molecule has 5 rings (SSSR count). The second kappa shape index (κ2) is 7.64. The molecule has 0 spiro atoms. The molecule has 0 bridgehead atoms. The molecular formula is C21H13Cl2FN6O. The normalized spacial score (nSPS) is 11.2. The molecule has 0 amide bonds. The summed E-state index contributed by atoms with van der Waals surface area (Å²) in [5.74, 6) is 0.283. The third kappa shape index (κ3) is 3.71. The summed E-state index contributed by atoms with van der Waals surface area (Å²) >= 11 is 12.2. The van der Waals surface area contributed by atoms with Crippen molar-refractivity contribution < 1.29 is 9.13 Å². The molecule has 0 aliphatic carbocycles. The highest BCUT2D eigenvalue weighted by Gasteiger charge is 2.16. The van der Waals surface area contributed by atoms with E-state index >= 15 is 4.39 Å². The highest BCUT2D eigenvalue weighted by atomic mass is 35.5. The Hall–Kier alpha value is -3.49. The third-order valence-corrected chi connectivity index (χ3v) is 5.13. The second-order valence-electron chi connectivity index (χ2n) is 6.71. The van der Waals surface area contributed by atoms with E-state index in [1.165, 1.54) is 12.4 Å². The number of nitrogens with zero attached hydrogens (tertiary/aromatic N) is 5. The van der Waals surface area contributed by atoms with Crippen molar-refractivity contribution in [3.8, 4) is 11.5 Å². The first-order valence-corrected chi connectivity index (χ1v) is 9.87. The maximum atomic E-state index is 15.0. The summed E-state index contributed by atoms with van der Waals surface area (Å²) in [6.07, 6.45) is 3.25. The fraction of sp³-hybridized carbons (Fsp3) is 0.0476. The van der Waals surface area contributed by atoms with E-state index in [4.69, 9.17) is 27.9 Å². The molecule has 0 saturated carbocycles. The van der Waals surface area contributed by atoms with Crippen molar-refractivity contribution in [2.24, 2.45) is 7.05 Å². The summed E-state index contributed by atoms with van der Waals surface area (Å²) in [5, 5.41) is 8.32. The number of aryl methyl sites for hydroxylation is 1. The molecule has 10 heteroatoms. The highest BCUT2D eigenvalue weighted by Crippen LogP contribution is 2.37. The van der Waals surface area contributed by atoms with Crippen molar-refractivity contribution in [2.75, 3.05) is 5.32 Å². The molecular weight excluding hydrogens is 442 g/mol. The van der Waals surface area contributed by atoms with E-state index in [-0.39, 0.29) is 21.6 Å². The lowest BCUT2D eigenvalue weighted by Crippen LogP contribution is -2.00. The Morgan fingerprint density at radius 2 is 1.90 bits per heavy atom. The Morgan fingerprint density at radius 3 is 2.77 bits per heavy atom.